The third-order valence-corrected chi connectivity index (χ3v) is 5.15. The van der Waals surface area contributed by atoms with Crippen LogP contribution < -0.4 is 10.5 Å². The minimum atomic E-state index is -0.273. The lowest BCUT2D eigenvalue weighted by Crippen LogP contribution is -2.40. The molecule has 0 bridgehead atoms. The Kier molecular flexibility index (Phi) is 4.82. The number of anilines is 1. The largest absolute Gasteiger partial charge is 0.311 e. The van der Waals surface area contributed by atoms with Crippen molar-refractivity contribution < 1.29 is 4.79 Å². The van der Waals surface area contributed by atoms with Crippen LogP contribution in [0.1, 0.15) is 23.1 Å². The highest BCUT2D eigenvalue weighted by atomic mass is 16.2. The summed E-state index contributed by atoms with van der Waals surface area (Å²) in [4.78, 5) is 27.1. The highest BCUT2D eigenvalue weighted by Crippen LogP contribution is 2.28. The molecule has 5 nitrogen and oxygen atoms in total. The Labute approximate surface area is 164 Å². The van der Waals surface area contributed by atoms with Gasteiger partial charge in [-0.25, -0.2) is 4.68 Å². The molecule has 28 heavy (non-hydrogen) atoms. The third-order valence-electron chi connectivity index (χ3n) is 5.15. The number of hydrogen-bond acceptors (Lipinski definition) is 3. The van der Waals surface area contributed by atoms with Gasteiger partial charge in [-0.2, -0.15) is 5.10 Å². The fraction of sp³-hybridized carbons (Fsp3) is 0.261. The molecule has 1 aromatic heterocycles. The fourth-order valence-electron chi connectivity index (χ4n) is 3.64. The van der Waals surface area contributed by atoms with Crippen LogP contribution in [-0.4, -0.2) is 22.2 Å². The monoisotopic (exact) mass is 373 g/mol. The second kappa shape index (κ2) is 7.43. The first-order valence-electron chi connectivity index (χ1n) is 9.56. The van der Waals surface area contributed by atoms with Crippen molar-refractivity contribution in [2.75, 3.05) is 11.4 Å². The van der Waals surface area contributed by atoms with Gasteiger partial charge in [0.05, 0.1) is 5.69 Å². The molecule has 1 aliphatic heterocycles. The van der Waals surface area contributed by atoms with Gasteiger partial charge < -0.3 is 4.90 Å². The highest BCUT2D eigenvalue weighted by Gasteiger charge is 2.23. The molecule has 0 atom stereocenters. The summed E-state index contributed by atoms with van der Waals surface area (Å²) < 4.78 is 1.26. The molecule has 142 valence electrons. The lowest BCUT2D eigenvalue weighted by molar-refractivity contribution is -0.119. The number of carbonyl (C=O) groups is 1. The van der Waals surface area contributed by atoms with Gasteiger partial charge >= 0.3 is 0 Å². The van der Waals surface area contributed by atoms with Gasteiger partial charge in [-0.15, -0.1) is 0 Å². The van der Waals surface area contributed by atoms with E-state index in [4.69, 9.17) is 0 Å². The van der Waals surface area contributed by atoms with Crippen LogP contribution in [0.5, 0.6) is 0 Å². The van der Waals surface area contributed by atoms with Crippen LogP contribution in [0.3, 0.4) is 0 Å². The van der Waals surface area contributed by atoms with Crippen molar-refractivity contribution in [3.8, 4) is 11.3 Å². The van der Waals surface area contributed by atoms with E-state index in [-0.39, 0.29) is 18.0 Å². The molecule has 0 saturated carbocycles. The van der Waals surface area contributed by atoms with Crippen molar-refractivity contribution in [3.05, 3.63) is 81.6 Å². The average molecular weight is 373 g/mol. The molecule has 0 unspecified atom stereocenters. The van der Waals surface area contributed by atoms with Gasteiger partial charge in [0, 0.05) is 23.9 Å². The molecule has 0 fully saturated rings. The van der Waals surface area contributed by atoms with Gasteiger partial charge in [0.25, 0.3) is 5.56 Å². The summed E-state index contributed by atoms with van der Waals surface area (Å²) in [6.07, 6.45) is 1.90. The molecule has 1 aliphatic rings. The molecule has 5 heteroatoms. The quantitative estimate of drug-likeness (QED) is 0.706. The van der Waals surface area contributed by atoms with Crippen LogP contribution in [0.4, 0.5) is 5.69 Å². The summed E-state index contributed by atoms with van der Waals surface area (Å²) in [6.45, 7) is 4.68. The van der Waals surface area contributed by atoms with E-state index in [2.05, 4.69) is 18.1 Å². The Morgan fingerprint density at radius 3 is 2.54 bits per heavy atom. The molecular formula is C23H23N3O2. The van der Waals surface area contributed by atoms with Crippen LogP contribution in [-0.2, 0) is 17.8 Å². The molecule has 0 N–H and O–H groups in total. The Morgan fingerprint density at radius 2 is 1.75 bits per heavy atom. The van der Waals surface area contributed by atoms with E-state index in [1.807, 2.05) is 43.3 Å². The first-order chi connectivity index (χ1) is 13.5. The molecule has 0 spiro atoms. The molecule has 0 saturated heterocycles. The number of fused-ring (bicyclic) bond motifs is 1. The van der Waals surface area contributed by atoms with Gasteiger partial charge in [-0.1, -0.05) is 47.5 Å². The van der Waals surface area contributed by atoms with Gasteiger partial charge in [0.1, 0.15) is 6.54 Å². The summed E-state index contributed by atoms with van der Waals surface area (Å²) in [5, 5.41) is 4.43. The Morgan fingerprint density at radius 1 is 1.00 bits per heavy atom. The van der Waals surface area contributed by atoms with Gasteiger partial charge in [-0.3, -0.25) is 9.59 Å². The van der Waals surface area contributed by atoms with E-state index in [9.17, 15) is 9.59 Å². The first-order valence-corrected chi connectivity index (χ1v) is 9.56. The number of amides is 1. The van der Waals surface area contributed by atoms with Crippen LogP contribution >= 0.6 is 0 Å². The normalized spacial score (nSPS) is 13.3. The Hall–Kier alpha value is -3.21. The van der Waals surface area contributed by atoms with E-state index in [0.717, 1.165) is 29.7 Å². The summed E-state index contributed by atoms with van der Waals surface area (Å²) in [6, 6.07) is 17.3. The van der Waals surface area contributed by atoms with Crippen LogP contribution in [0, 0.1) is 13.8 Å². The van der Waals surface area contributed by atoms with Crippen molar-refractivity contribution in [3.63, 3.8) is 0 Å². The van der Waals surface area contributed by atoms with E-state index in [0.29, 0.717) is 12.2 Å². The van der Waals surface area contributed by atoms with Gasteiger partial charge in [0.15, 0.2) is 0 Å². The number of benzene rings is 2. The zero-order valence-corrected chi connectivity index (χ0v) is 16.2. The topological polar surface area (TPSA) is 55.2 Å². The van der Waals surface area contributed by atoms with E-state index >= 15 is 0 Å². The number of nitrogens with zero attached hydrogens (tertiary/aromatic N) is 3. The zero-order chi connectivity index (χ0) is 19.7. The summed E-state index contributed by atoms with van der Waals surface area (Å²) in [5.74, 6) is -0.111. The van der Waals surface area contributed by atoms with E-state index in [1.54, 1.807) is 11.0 Å². The minimum absolute atomic E-state index is 0.0636. The summed E-state index contributed by atoms with van der Waals surface area (Å²) in [7, 11) is 0. The predicted octanol–water partition coefficient (Wildman–Crippen LogP) is 3.51. The van der Waals surface area contributed by atoms with Crippen molar-refractivity contribution in [1.29, 1.82) is 0 Å². The minimum Gasteiger partial charge on any atom is -0.311 e. The van der Waals surface area contributed by atoms with Crippen molar-refractivity contribution in [1.82, 2.24) is 9.78 Å². The van der Waals surface area contributed by atoms with Crippen LogP contribution in [0.25, 0.3) is 11.3 Å². The maximum Gasteiger partial charge on any atom is 0.267 e. The number of hydrogen-bond donors (Lipinski definition) is 0. The van der Waals surface area contributed by atoms with Crippen molar-refractivity contribution in [2.45, 2.75) is 33.2 Å². The van der Waals surface area contributed by atoms with Crippen molar-refractivity contribution >= 4 is 11.6 Å². The second-order valence-corrected chi connectivity index (χ2v) is 7.36. The van der Waals surface area contributed by atoms with Gasteiger partial charge in [-0.05, 0) is 44.4 Å². The smallest absolute Gasteiger partial charge is 0.267 e. The fourth-order valence-corrected chi connectivity index (χ4v) is 3.64. The second-order valence-electron chi connectivity index (χ2n) is 7.36. The molecule has 3 aromatic rings. The third kappa shape index (κ3) is 3.60. The average Bonchev–Trinajstić information content (AvgIpc) is 2.69. The molecule has 2 heterocycles. The summed E-state index contributed by atoms with van der Waals surface area (Å²) in [5.41, 5.74) is 5.82. The molecular weight excluding hydrogens is 350 g/mol. The molecule has 2 aromatic carbocycles. The number of aryl methyl sites for hydroxylation is 3. The Bertz CT molecular complexity index is 1080. The van der Waals surface area contributed by atoms with E-state index < -0.39 is 0 Å². The molecule has 0 radical (unpaired) electrons. The lowest BCUT2D eigenvalue weighted by Gasteiger charge is -2.30. The molecule has 0 aliphatic carbocycles. The standard InChI is InChI=1S/C23H23N3O2/c1-16-5-8-18(9-6-16)20-10-12-22(27)26(24-20)15-23(28)25-13-3-4-19-14-17(2)7-11-21(19)25/h5-12,14H,3-4,13,15H2,1-2H3. The van der Waals surface area contributed by atoms with Crippen LogP contribution in [0.2, 0.25) is 0 Å². The zero-order valence-electron chi connectivity index (χ0n) is 16.2. The number of aromatic nitrogens is 2. The summed E-state index contributed by atoms with van der Waals surface area (Å²) >= 11 is 0. The SMILES string of the molecule is Cc1ccc(-c2ccc(=O)n(CC(=O)N3CCCc4cc(C)ccc43)n2)cc1. The molecule has 4 rings (SSSR count). The maximum atomic E-state index is 13.0. The first kappa shape index (κ1) is 18.2. The Balaban J connectivity index is 1.61. The molecule has 1 amide bonds. The predicted molar refractivity (Wildman–Crippen MR) is 111 cm³/mol. The van der Waals surface area contributed by atoms with Gasteiger partial charge in [0.2, 0.25) is 5.91 Å². The highest BCUT2D eigenvalue weighted by molar-refractivity contribution is 5.94. The number of carbonyl (C=O) groups excluding carboxylic acids is 1. The van der Waals surface area contributed by atoms with Crippen molar-refractivity contribution in [2.24, 2.45) is 0 Å². The van der Waals surface area contributed by atoms with E-state index in [1.165, 1.54) is 21.9 Å². The number of rotatable bonds is 3. The maximum absolute atomic E-state index is 13.0. The van der Waals surface area contributed by atoms with Crippen LogP contribution in [0.15, 0.2) is 59.4 Å². The lowest BCUT2D eigenvalue weighted by atomic mass is 9.99.